The van der Waals surface area contributed by atoms with Crippen LogP contribution in [-0.2, 0) is 12.8 Å². The Kier molecular flexibility index (Phi) is 4.99. The minimum Gasteiger partial charge on any atom is -0.389 e. The van der Waals surface area contributed by atoms with Crippen molar-refractivity contribution in [2.75, 3.05) is 0 Å². The Morgan fingerprint density at radius 3 is 2.35 bits per heavy atom. The number of aliphatic hydroxyl groups is 1. The summed E-state index contributed by atoms with van der Waals surface area (Å²) in [5, 5.41) is 10.6. The molecule has 0 radical (unpaired) electrons. The molecule has 1 N–H and O–H groups in total. The molecular formula is C16H15Br2FO. The Hall–Kier alpha value is -0.710. The largest absolute Gasteiger partial charge is 0.389 e. The van der Waals surface area contributed by atoms with Crippen LogP contribution in [0.3, 0.4) is 0 Å². The molecule has 4 heteroatoms. The summed E-state index contributed by atoms with van der Waals surface area (Å²) in [6.45, 7) is 1.77. The fourth-order valence-corrected chi connectivity index (χ4v) is 2.84. The first-order valence-corrected chi connectivity index (χ1v) is 7.85. The van der Waals surface area contributed by atoms with Crippen LogP contribution in [0.5, 0.6) is 0 Å². The van der Waals surface area contributed by atoms with Crippen LogP contribution in [0.25, 0.3) is 0 Å². The molecule has 0 aromatic heterocycles. The molecule has 2 rings (SSSR count). The first kappa shape index (κ1) is 15.7. The van der Waals surface area contributed by atoms with E-state index in [0.717, 1.165) is 20.1 Å². The maximum Gasteiger partial charge on any atom is 0.123 e. The summed E-state index contributed by atoms with van der Waals surface area (Å²) >= 11 is 6.78. The molecule has 1 unspecified atom stereocenters. The monoisotopic (exact) mass is 400 g/mol. The lowest BCUT2D eigenvalue weighted by molar-refractivity contribution is 0.0606. The van der Waals surface area contributed by atoms with Crippen LogP contribution in [0.1, 0.15) is 18.1 Å². The third kappa shape index (κ3) is 4.40. The summed E-state index contributed by atoms with van der Waals surface area (Å²) in [7, 11) is 0. The van der Waals surface area contributed by atoms with Gasteiger partial charge in [-0.05, 0) is 48.4 Å². The molecule has 0 amide bonds. The molecule has 0 fully saturated rings. The zero-order valence-electron chi connectivity index (χ0n) is 11.0. The fraction of sp³-hybridized carbons (Fsp3) is 0.250. The Morgan fingerprint density at radius 2 is 1.70 bits per heavy atom. The minimum atomic E-state index is -0.926. The van der Waals surface area contributed by atoms with Gasteiger partial charge in [-0.2, -0.15) is 0 Å². The third-order valence-electron chi connectivity index (χ3n) is 3.08. The minimum absolute atomic E-state index is 0.289. The second kappa shape index (κ2) is 6.37. The van der Waals surface area contributed by atoms with Crippen molar-refractivity contribution in [3.63, 3.8) is 0 Å². The molecule has 106 valence electrons. The van der Waals surface area contributed by atoms with Gasteiger partial charge >= 0.3 is 0 Å². The van der Waals surface area contributed by atoms with Gasteiger partial charge in [0.05, 0.1) is 5.60 Å². The Bertz CT molecular complexity index is 594. The van der Waals surface area contributed by atoms with E-state index in [0.29, 0.717) is 12.8 Å². The quantitative estimate of drug-likeness (QED) is 0.773. The van der Waals surface area contributed by atoms with Gasteiger partial charge < -0.3 is 5.11 Å². The fourth-order valence-electron chi connectivity index (χ4n) is 2.19. The highest BCUT2D eigenvalue weighted by Gasteiger charge is 2.23. The van der Waals surface area contributed by atoms with Crippen molar-refractivity contribution in [1.82, 2.24) is 0 Å². The highest BCUT2D eigenvalue weighted by molar-refractivity contribution is 9.10. The van der Waals surface area contributed by atoms with Gasteiger partial charge in [-0.3, -0.25) is 0 Å². The van der Waals surface area contributed by atoms with Crippen LogP contribution in [0.15, 0.2) is 51.4 Å². The molecule has 0 aliphatic heterocycles. The summed E-state index contributed by atoms with van der Waals surface area (Å²) in [6.07, 6.45) is 0.907. The van der Waals surface area contributed by atoms with Crippen molar-refractivity contribution in [2.24, 2.45) is 0 Å². The van der Waals surface area contributed by atoms with E-state index in [2.05, 4.69) is 31.9 Å². The van der Waals surface area contributed by atoms with Crippen LogP contribution in [0, 0.1) is 5.82 Å². The summed E-state index contributed by atoms with van der Waals surface area (Å²) < 4.78 is 15.1. The van der Waals surface area contributed by atoms with E-state index in [1.54, 1.807) is 13.0 Å². The molecule has 0 spiro atoms. The molecule has 0 bridgehead atoms. The van der Waals surface area contributed by atoms with Crippen LogP contribution in [-0.4, -0.2) is 10.7 Å². The number of halogens is 3. The molecule has 2 aromatic rings. The van der Waals surface area contributed by atoms with Crippen molar-refractivity contribution in [3.05, 3.63) is 68.4 Å². The Labute approximate surface area is 135 Å². The molecule has 1 nitrogen and oxygen atoms in total. The number of benzene rings is 2. The van der Waals surface area contributed by atoms with Crippen molar-refractivity contribution >= 4 is 31.9 Å². The van der Waals surface area contributed by atoms with Crippen LogP contribution in [0.4, 0.5) is 4.39 Å². The van der Waals surface area contributed by atoms with E-state index in [4.69, 9.17) is 0 Å². The highest BCUT2D eigenvalue weighted by atomic mass is 79.9. The van der Waals surface area contributed by atoms with E-state index in [9.17, 15) is 9.50 Å². The van der Waals surface area contributed by atoms with Gasteiger partial charge in [-0.25, -0.2) is 4.39 Å². The van der Waals surface area contributed by atoms with E-state index >= 15 is 0 Å². The second-order valence-electron chi connectivity index (χ2n) is 5.21. The predicted octanol–water partition coefficient (Wildman–Crippen LogP) is 4.89. The Balaban J connectivity index is 2.14. The lowest BCUT2D eigenvalue weighted by Crippen LogP contribution is -2.30. The average molecular weight is 402 g/mol. The van der Waals surface area contributed by atoms with Crippen LogP contribution < -0.4 is 0 Å². The van der Waals surface area contributed by atoms with E-state index in [1.807, 2.05) is 24.3 Å². The first-order valence-electron chi connectivity index (χ1n) is 6.26. The van der Waals surface area contributed by atoms with Gasteiger partial charge in [0, 0.05) is 21.8 Å². The predicted molar refractivity (Wildman–Crippen MR) is 86.3 cm³/mol. The van der Waals surface area contributed by atoms with Crippen LogP contribution >= 0.6 is 31.9 Å². The van der Waals surface area contributed by atoms with Gasteiger partial charge in [0.1, 0.15) is 5.82 Å². The summed E-state index contributed by atoms with van der Waals surface area (Å²) in [4.78, 5) is 0. The maximum atomic E-state index is 13.3. The van der Waals surface area contributed by atoms with E-state index in [1.165, 1.54) is 12.1 Å². The lowest BCUT2D eigenvalue weighted by atomic mass is 9.90. The maximum absolute atomic E-state index is 13.3. The van der Waals surface area contributed by atoms with Crippen molar-refractivity contribution in [3.8, 4) is 0 Å². The van der Waals surface area contributed by atoms with Gasteiger partial charge in [-0.1, -0.05) is 44.0 Å². The molecule has 2 aromatic carbocycles. The van der Waals surface area contributed by atoms with Gasteiger partial charge in [0.25, 0.3) is 0 Å². The van der Waals surface area contributed by atoms with Crippen molar-refractivity contribution in [1.29, 1.82) is 0 Å². The normalized spacial score (nSPS) is 14.1. The standard InChI is InChI=1S/C16H15Br2FO/c1-16(20,9-11-2-4-13(17)5-3-11)10-12-8-14(19)6-7-15(12)18/h2-8,20H,9-10H2,1H3. The summed E-state index contributed by atoms with van der Waals surface area (Å²) in [6, 6.07) is 12.4. The number of hydrogen-bond acceptors (Lipinski definition) is 1. The highest BCUT2D eigenvalue weighted by Crippen LogP contribution is 2.25. The zero-order chi connectivity index (χ0) is 14.8. The average Bonchev–Trinajstić information content (AvgIpc) is 2.36. The smallest absolute Gasteiger partial charge is 0.123 e. The first-order chi connectivity index (χ1) is 9.35. The third-order valence-corrected chi connectivity index (χ3v) is 4.38. The van der Waals surface area contributed by atoms with Crippen molar-refractivity contribution in [2.45, 2.75) is 25.4 Å². The topological polar surface area (TPSA) is 20.2 Å². The van der Waals surface area contributed by atoms with Crippen molar-refractivity contribution < 1.29 is 9.50 Å². The molecule has 0 aliphatic rings. The lowest BCUT2D eigenvalue weighted by Gasteiger charge is -2.24. The van der Waals surface area contributed by atoms with Gasteiger partial charge in [-0.15, -0.1) is 0 Å². The molecular weight excluding hydrogens is 387 g/mol. The summed E-state index contributed by atoms with van der Waals surface area (Å²) in [5.74, 6) is -0.289. The number of rotatable bonds is 4. The van der Waals surface area contributed by atoms with Gasteiger partial charge in [0.15, 0.2) is 0 Å². The second-order valence-corrected chi connectivity index (χ2v) is 6.98. The van der Waals surface area contributed by atoms with E-state index < -0.39 is 5.60 Å². The molecule has 0 saturated carbocycles. The molecule has 0 aliphatic carbocycles. The zero-order valence-corrected chi connectivity index (χ0v) is 14.2. The Morgan fingerprint density at radius 1 is 1.05 bits per heavy atom. The van der Waals surface area contributed by atoms with Crippen LogP contribution in [0.2, 0.25) is 0 Å². The number of hydrogen-bond donors (Lipinski definition) is 1. The molecule has 1 atom stereocenters. The summed E-state index contributed by atoms with van der Waals surface area (Å²) in [5.41, 5.74) is 0.891. The van der Waals surface area contributed by atoms with Gasteiger partial charge in [0.2, 0.25) is 0 Å². The van der Waals surface area contributed by atoms with E-state index in [-0.39, 0.29) is 5.82 Å². The SMILES string of the molecule is CC(O)(Cc1ccc(Br)cc1)Cc1cc(F)ccc1Br. The molecule has 0 heterocycles. The molecule has 20 heavy (non-hydrogen) atoms. The molecule has 0 saturated heterocycles.